The van der Waals surface area contributed by atoms with Gasteiger partial charge in [-0.3, -0.25) is 9.78 Å². The fourth-order valence-electron chi connectivity index (χ4n) is 2.89. The fraction of sp³-hybridized carbons (Fsp3) is 0.176. The number of hydrogen-bond acceptors (Lipinski definition) is 5. The van der Waals surface area contributed by atoms with E-state index < -0.39 is 6.09 Å². The predicted octanol–water partition coefficient (Wildman–Crippen LogP) is 2.60. The fourth-order valence-corrected chi connectivity index (χ4v) is 3.71. The SMILES string of the molecule is O=C(O)N1CCc2[nH]c(=O)c(-c3csc(-c4ccncc4)n3)cc2C1. The Morgan fingerprint density at radius 1 is 1.32 bits per heavy atom. The monoisotopic (exact) mass is 354 g/mol. The largest absolute Gasteiger partial charge is 0.465 e. The van der Waals surface area contributed by atoms with E-state index in [2.05, 4.69) is 15.0 Å². The summed E-state index contributed by atoms with van der Waals surface area (Å²) in [5, 5.41) is 11.8. The Bertz CT molecular complexity index is 997. The Morgan fingerprint density at radius 2 is 2.12 bits per heavy atom. The first-order chi connectivity index (χ1) is 12.1. The molecule has 0 radical (unpaired) electrons. The second-order valence-electron chi connectivity index (χ2n) is 5.74. The van der Waals surface area contributed by atoms with Crippen molar-refractivity contribution >= 4 is 17.4 Å². The summed E-state index contributed by atoms with van der Waals surface area (Å²) in [5.41, 5.74) is 3.42. The lowest BCUT2D eigenvalue weighted by molar-refractivity contribution is 0.139. The maximum Gasteiger partial charge on any atom is 0.407 e. The van der Waals surface area contributed by atoms with Crippen molar-refractivity contribution in [3.8, 4) is 21.8 Å². The molecule has 0 aliphatic carbocycles. The Labute approximate surface area is 146 Å². The van der Waals surface area contributed by atoms with Crippen molar-refractivity contribution in [2.24, 2.45) is 0 Å². The van der Waals surface area contributed by atoms with Gasteiger partial charge in [-0.25, -0.2) is 9.78 Å². The highest BCUT2D eigenvalue weighted by molar-refractivity contribution is 7.13. The molecule has 3 aromatic rings. The van der Waals surface area contributed by atoms with E-state index in [4.69, 9.17) is 0 Å². The minimum Gasteiger partial charge on any atom is -0.465 e. The molecule has 1 aliphatic rings. The smallest absolute Gasteiger partial charge is 0.407 e. The van der Waals surface area contributed by atoms with Crippen molar-refractivity contribution in [3.05, 3.63) is 57.6 Å². The number of thiazole rings is 1. The summed E-state index contributed by atoms with van der Waals surface area (Å²) in [6.45, 7) is 0.663. The third kappa shape index (κ3) is 2.91. The van der Waals surface area contributed by atoms with Gasteiger partial charge in [0.25, 0.3) is 5.56 Å². The van der Waals surface area contributed by atoms with Crippen molar-refractivity contribution in [3.63, 3.8) is 0 Å². The van der Waals surface area contributed by atoms with E-state index >= 15 is 0 Å². The lowest BCUT2D eigenvalue weighted by Gasteiger charge is -2.26. The molecule has 0 spiro atoms. The van der Waals surface area contributed by atoms with Crippen molar-refractivity contribution in [2.45, 2.75) is 13.0 Å². The third-order valence-corrected chi connectivity index (χ3v) is 5.08. The number of nitrogens with zero attached hydrogens (tertiary/aromatic N) is 3. The molecule has 4 rings (SSSR count). The summed E-state index contributed by atoms with van der Waals surface area (Å²) in [6, 6.07) is 5.49. The van der Waals surface area contributed by atoms with Crippen LogP contribution in [0.25, 0.3) is 21.8 Å². The molecule has 8 heteroatoms. The summed E-state index contributed by atoms with van der Waals surface area (Å²) in [7, 11) is 0. The number of H-pyrrole nitrogens is 1. The molecule has 25 heavy (non-hydrogen) atoms. The molecule has 1 aliphatic heterocycles. The van der Waals surface area contributed by atoms with E-state index in [1.165, 1.54) is 16.2 Å². The van der Waals surface area contributed by atoms with Gasteiger partial charge in [0.1, 0.15) is 5.01 Å². The highest BCUT2D eigenvalue weighted by Crippen LogP contribution is 2.28. The molecule has 0 fully saturated rings. The Hall–Kier alpha value is -3.00. The van der Waals surface area contributed by atoms with Gasteiger partial charge >= 0.3 is 6.09 Å². The normalized spacial score (nSPS) is 13.5. The zero-order chi connectivity index (χ0) is 17.4. The number of aromatic amines is 1. The number of amides is 1. The molecule has 0 saturated carbocycles. The van der Waals surface area contributed by atoms with Crippen LogP contribution >= 0.6 is 11.3 Å². The van der Waals surface area contributed by atoms with Crippen molar-refractivity contribution < 1.29 is 9.90 Å². The van der Waals surface area contributed by atoms with Gasteiger partial charge in [0.2, 0.25) is 0 Å². The molecule has 0 atom stereocenters. The number of carboxylic acid groups (broad SMARTS) is 1. The standard InChI is InChI=1S/C17H14N4O3S/c22-15-12(7-11-8-21(17(23)24)6-3-13(11)19-15)14-9-25-16(20-14)10-1-4-18-5-2-10/h1-2,4-5,7,9H,3,6,8H2,(H,19,22)(H,23,24). The van der Waals surface area contributed by atoms with Crippen LogP contribution < -0.4 is 5.56 Å². The van der Waals surface area contributed by atoms with Gasteiger partial charge in [-0.15, -0.1) is 11.3 Å². The van der Waals surface area contributed by atoms with Crippen LogP contribution in [0, 0.1) is 0 Å². The lowest BCUT2D eigenvalue weighted by Crippen LogP contribution is -2.36. The van der Waals surface area contributed by atoms with Gasteiger partial charge in [0.05, 0.1) is 17.8 Å². The van der Waals surface area contributed by atoms with Gasteiger partial charge < -0.3 is 15.0 Å². The van der Waals surface area contributed by atoms with E-state index in [9.17, 15) is 14.7 Å². The maximum atomic E-state index is 12.4. The summed E-state index contributed by atoms with van der Waals surface area (Å²) in [6.07, 6.45) is 2.95. The molecule has 4 heterocycles. The van der Waals surface area contributed by atoms with Crippen LogP contribution in [0.1, 0.15) is 11.3 Å². The number of pyridine rings is 2. The number of hydrogen-bond donors (Lipinski definition) is 2. The van der Waals surface area contributed by atoms with Crippen molar-refractivity contribution in [2.75, 3.05) is 6.54 Å². The van der Waals surface area contributed by atoms with E-state index in [1.54, 1.807) is 18.5 Å². The van der Waals surface area contributed by atoms with Crippen molar-refractivity contribution in [1.29, 1.82) is 0 Å². The average molecular weight is 354 g/mol. The first-order valence-corrected chi connectivity index (χ1v) is 8.59. The van der Waals surface area contributed by atoms with Crippen LogP contribution in [-0.4, -0.2) is 37.6 Å². The highest BCUT2D eigenvalue weighted by atomic mass is 32.1. The highest BCUT2D eigenvalue weighted by Gasteiger charge is 2.22. The van der Waals surface area contributed by atoms with Crippen LogP contribution in [0.3, 0.4) is 0 Å². The van der Waals surface area contributed by atoms with Crippen molar-refractivity contribution in [1.82, 2.24) is 19.9 Å². The number of aromatic nitrogens is 3. The van der Waals surface area contributed by atoms with E-state index in [0.29, 0.717) is 24.2 Å². The van der Waals surface area contributed by atoms with Gasteiger partial charge in [0, 0.05) is 42.0 Å². The van der Waals surface area contributed by atoms with Crippen LogP contribution in [-0.2, 0) is 13.0 Å². The third-order valence-electron chi connectivity index (χ3n) is 4.19. The minimum absolute atomic E-state index is 0.200. The van der Waals surface area contributed by atoms with E-state index in [1.807, 2.05) is 17.5 Å². The molecule has 7 nitrogen and oxygen atoms in total. The molecular weight excluding hydrogens is 340 g/mol. The van der Waals surface area contributed by atoms with E-state index in [0.717, 1.165) is 21.8 Å². The zero-order valence-corrected chi connectivity index (χ0v) is 13.9. The van der Waals surface area contributed by atoms with Gasteiger partial charge in [0.15, 0.2) is 0 Å². The zero-order valence-electron chi connectivity index (χ0n) is 13.1. The number of rotatable bonds is 2. The molecule has 0 unspecified atom stereocenters. The van der Waals surface area contributed by atoms with Gasteiger partial charge in [-0.1, -0.05) is 0 Å². The summed E-state index contributed by atoms with van der Waals surface area (Å²) in [5.74, 6) is 0. The Kier molecular flexibility index (Phi) is 3.81. The van der Waals surface area contributed by atoms with Crippen LogP contribution in [0.2, 0.25) is 0 Å². The Balaban J connectivity index is 1.72. The second kappa shape index (κ2) is 6.14. The molecule has 126 valence electrons. The summed E-state index contributed by atoms with van der Waals surface area (Å²) >= 11 is 1.45. The Morgan fingerprint density at radius 3 is 2.88 bits per heavy atom. The van der Waals surface area contributed by atoms with Crippen LogP contribution in [0.15, 0.2) is 40.8 Å². The van der Waals surface area contributed by atoms with Gasteiger partial charge in [-0.05, 0) is 23.8 Å². The number of carbonyl (C=O) groups is 1. The molecule has 3 aromatic heterocycles. The molecule has 1 amide bonds. The van der Waals surface area contributed by atoms with Crippen LogP contribution in [0.5, 0.6) is 0 Å². The number of fused-ring (bicyclic) bond motifs is 1. The quantitative estimate of drug-likeness (QED) is 0.737. The van der Waals surface area contributed by atoms with Gasteiger partial charge in [-0.2, -0.15) is 0 Å². The molecule has 0 saturated heterocycles. The summed E-state index contributed by atoms with van der Waals surface area (Å²) < 4.78 is 0. The predicted molar refractivity (Wildman–Crippen MR) is 93.5 cm³/mol. The topological polar surface area (TPSA) is 99.2 Å². The molecular formula is C17H14N4O3S. The molecule has 0 bridgehead atoms. The molecule has 0 aromatic carbocycles. The molecule has 2 N–H and O–H groups in total. The van der Waals surface area contributed by atoms with Crippen LogP contribution in [0.4, 0.5) is 4.79 Å². The first-order valence-electron chi connectivity index (χ1n) is 7.71. The van der Waals surface area contributed by atoms with E-state index in [-0.39, 0.29) is 12.1 Å². The summed E-state index contributed by atoms with van der Waals surface area (Å²) in [4.78, 5) is 36.4. The second-order valence-corrected chi connectivity index (χ2v) is 6.60. The first kappa shape index (κ1) is 15.5. The maximum absolute atomic E-state index is 12.4. The average Bonchev–Trinajstić information content (AvgIpc) is 3.11. The lowest BCUT2D eigenvalue weighted by atomic mass is 10.0. The number of nitrogens with one attached hydrogen (secondary N) is 1. The minimum atomic E-state index is -0.952.